The van der Waals surface area contributed by atoms with Gasteiger partial charge < -0.3 is 11.1 Å². The monoisotopic (exact) mass is 319 g/mol. The number of benzene rings is 1. The molecule has 0 saturated heterocycles. The predicted octanol–water partition coefficient (Wildman–Crippen LogP) is 1.70. The molecule has 19 heavy (non-hydrogen) atoms. The second-order valence-electron chi connectivity index (χ2n) is 4.77. The Morgan fingerprint density at radius 1 is 1.42 bits per heavy atom. The Bertz CT molecular complexity index is 594. The summed E-state index contributed by atoms with van der Waals surface area (Å²) in [5.41, 5.74) is 9.00. The SMILES string of the molecule is NC1N=CC(Br)=CC1c1ccc2c(c1)CCNC2=O. The minimum Gasteiger partial charge on any atom is -0.352 e. The molecule has 0 spiro atoms. The van der Waals surface area contributed by atoms with Gasteiger partial charge in [-0.2, -0.15) is 0 Å². The van der Waals surface area contributed by atoms with E-state index in [0.29, 0.717) is 6.54 Å². The van der Waals surface area contributed by atoms with Crippen LogP contribution in [0.3, 0.4) is 0 Å². The number of aliphatic imine (C=N–C) groups is 1. The van der Waals surface area contributed by atoms with Gasteiger partial charge in [-0.3, -0.25) is 9.79 Å². The Balaban J connectivity index is 1.98. The lowest BCUT2D eigenvalue weighted by atomic mass is 9.89. The Labute approximate surface area is 119 Å². The number of carbonyl (C=O) groups is 1. The molecule has 2 aliphatic rings. The maximum atomic E-state index is 11.7. The number of dihydropyridines is 1. The molecule has 0 radical (unpaired) electrons. The van der Waals surface area contributed by atoms with Gasteiger partial charge in [-0.15, -0.1) is 0 Å². The van der Waals surface area contributed by atoms with Crippen LogP contribution in [0.2, 0.25) is 0 Å². The molecule has 0 aliphatic carbocycles. The highest BCUT2D eigenvalue weighted by Gasteiger charge is 2.23. The molecule has 98 valence electrons. The first-order chi connectivity index (χ1) is 9.15. The van der Waals surface area contributed by atoms with E-state index in [1.165, 1.54) is 0 Å². The maximum Gasteiger partial charge on any atom is 0.251 e. The third kappa shape index (κ3) is 2.35. The number of hydrogen-bond acceptors (Lipinski definition) is 3. The fourth-order valence-electron chi connectivity index (χ4n) is 2.51. The van der Waals surface area contributed by atoms with Crippen molar-refractivity contribution in [1.82, 2.24) is 5.32 Å². The third-order valence-electron chi connectivity index (χ3n) is 3.52. The van der Waals surface area contributed by atoms with E-state index < -0.39 is 0 Å². The number of allylic oxidation sites excluding steroid dienone is 1. The van der Waals surface area contributed by atoms with Crippen LogP contribution >= 0.6 is 15.9 Å². The van der Waals surface area contributed by atoms with Crippen molar-refractivity contribution in [3.05, 3.63) is 45.4 Å². The topological polar surface area (TPSA) is 67.5 Å². The first-order valence-electron chi connectivity index (χ1n) is 6.22. The van der Waals surface area contributed by atoms with E-state index >= 15 is 0 Å². The minimum atomic E-state index is -0.267. The number of carbonyl (C=O) groups excluding carboxylic acids is 1. The van der Waals surface area contributed by atoms with Crippen LogP contribution in [0.25, 0.3) is 0 Å². The van der Waals surface area contributed by atoms with Gasteiger partial charge in [0, 0.05) is 28.7 Å². The summed E-state index contributed by atoms with van der Waals surface area (Å²) in [6, 6.07) is 5.92. The zero-order valence-corrected chi connectivity index (χ0v) is 11.9. The number of halogens is 1. The van der Waals surface area contributed by atoms with Crippen LogP contribution in [0.1, 0.15) is 27.4 Å². The Hall–Kier alpha value is -1.46. The zero-order chi connectivity index (χ0) is 13.4. The van der Waals surface area contributed by atoms with Gasteiger partial charge in [0.05, 0.1) is 0 Å². The standard InChI is InChI=1S/C14H14BrN3O/c15-10-6-12(13(16)18-7-10)8-1-2-11-9(5-8)3-4-17-14(11)19/h1-2,5-7,12-13H,3-4,16H2,(H,17,19). The number of nitrogens with one attached hydrogen (secondary N) is 1. The molecular weight excluding hydrogens is 306 g/mol. The lowest BCUT2D eigenvalue weighted by Crippen LogP contribution is -2.32. The summed E-state index contributed by atoms with van der Waals surface area (Å²) in [5, 5.41) is 2.85. The number of rotatable bonds is 1. The molecule has 2 aliphatic heterocycles. The van der Waals surface area contributed by atoms with Gasteiger partial charge >= 0.3 is 0 Å². The van der Waals surface area contributed by atoms with Crippen molar-refractivity contribution in [3.8, 4) is 0 Å². The fraction of sp³-hybridized carbons (Fsp3) is 0.286. The van der Waals surface area contributed by atoms with Crippen LogP contribution in [-0.2, 0) is 6.42 Å². The summed E-state index contributed by atoms with van der Waals surface area (Å²) >= 11 is 3.43. The van der Waals surface area contributed by atoms with E-state index in [1.807, 2.05) is 12.1 Å². The smallest absolute Gasteiger partial charge is 0.251 e. The molecule has 3 rings (SSSR count). The minimum absolute atomic E-state index is 0.00971. The van der Waals surface area contributed by atoms with E-state index in [2.05, 4.69) is 38.4 Å². The lowest BCUT2D eigenvalue weighted by Gasteiger charge is -2.24. The van der Waals surface area contributed by atoms with Crippen molar-refractivity contribution in [2.45, 2.75) is 18.5 Å². The molecule has 1 aromatic rings. The highest BCUT2D eigenvalue weighted by Crippen LogP contribution is 2.29. The highest BCUT2D eigenvalue weighted by atomic mass is 79.9. The van der Waals surface area contributed by atoms with Gasteiger partial charge in [0.25, 0.3) is 5.91 Å². The van der Waals surface area contributed by atoms with E-state index in [4.69, 9.17) is 5.73 Å². The average Bonchev–Trinajstić information content (AvgIpc) is 2.41. The molecule has 0 aromatic heterocycles. The van der Waals surface area contributed by atoms with Gasteiger partial charge in [0.1, 0.15) is 6.17 Å². The van der Waals surface area contributed by atoms with Crippen molar-refractivity contribution >= 4 is 28.1 Å². The van der Waals surface area contributed by atoms with Crippen molar-refractivity contribution in [3.63, 3.8) is 0 Å². The molecule has 1 aromatic carbocycles. The largest absolute Gasteiger partial charge is 0.352 e. The van der Waals surface area contributed by atoms with Crippen molar-refractivity contribution in [1.29, 1.82) is 0 Å². The molecule has 2 unspecified atom stereocenters. The van der Waals surface area contributed by atoms with Crippen molar-refractivity contribution < 1.29 is 4.79 Å². The molecule has 0 saturated carbocycles. The second kappa shape index (κ2) is 4.90. The van der Waals surface area contributed by atoms with Gasteiger partial charge in [0.15, 0.2) is 0 Å². The predicted molar refractivity (Wildman–Crippen MR) is 78.7 cm³/mol. The fourth-order valence-corrected chi connectivity index (χ4v) is 2.91. The molecule has 0 fully saturated rings. The summed E-state index contributed by atoms with van der Waals surface area (Å²) in [7, 11) is 0. The Kier molecular flexibility index (Phi) is 3.24. The number of nitrogens with two attached hydrogens (primary N) is 1. The lowest BCUT2D eigenvalue weighted by molar-refractivity contribution is 0.0946. The highest BCUT2D eigenvalue weighted by molar-refractivity contribution is 9.12. The van der Waals surface area contributed by atoms with Crippen LogP contribution in [-0.4, -0.2) is 24.8 Å². The summed E-state index contributed by atoms with van der Waals surface area (Å²) in [6.45, 7) is 0.698. The van der Waals surface area contributed by atoms with Gasteiger partial charge in [-0.05, 0) is 39.5 Å². The first kappa shape index (κ1) is 12.6. The Morgan fingerprint density at radius 3 is 3.11 bits per heavy atom. The maximum absolute atomic E-state index is 11.7. The third-order valence-corrected chi connectivity index (χ3v) is 3.98. The molecule has 5 heteroatoms. The van der Waals surface area contributed by atoms with Gasteiger partial charge in [-0.25, -0.2) is 0 Å². The molecular formula is C14H14BrN3O. The number of hydrogen-bond donors (Lipinski definition) is 2. The van der Waals surface area contributed by atoms with Gasteiger partial charge in [0.2, 0.25) is 0 Å². The van der Waals surface area contributed by atoms with E-state index in [9.17, 15) is 4.79 Å². The second-order valence-corrected chi connectivity index (χ2v) is 5.68. The first-order valence-corrected chi connectivity index (χ1v) is 7.01. The summed E-state index contributed by atoms with van der Waals surface area (Å²) < 4.78 is 0.940. The molecule has 3 N–H and O–H groups in total. The van der Waals surface area contributed by atoms with Crippen molar-refractivity contribution in [2.24, 2.45) is 10.7 Å². The van der Waals surface area contributed by atoms with Crippen LogP contribution in [0.4, 0.5) is 0 Å². The molecule has 4 nitrogen and oxygen atoms in total. The molecule has 1 amide bonds. The van der Waals surface area contributed by atoms with Crippen LogP contribution < -0.4 is 11.1 Å². The Morgan fingerprint density at radius 2 is 2.26 bits per heavy atom. The number of amides is 1. The van der Waals surface area contributed by atoms with Crippen molar-refractivity contribution in [2.75, 3.05) is 6.54 Å². The van der Waals surface area contributed by atoms with Gasteiger partial charge in [-0.1, -0.05) is 18.2 Å². The molecule has 0 bridgehead atoms. The summed E-state index contributed by atoms with van der Waals surface area (Å²) in [6.07, 6.45) is 4.39. The quantitative estimate of drug-likeness (QED) is 0.827. The summed E-state index contributed by atoms with van der Waals surface area (Å²) in [5.74, 6) is 0.0603. The normalized spacial score (nSPS) is 25.6. The van der Waals surface area contributed by atoms with E-state index in [0.717, 1.165) is 27.6 Å². The zero-order valence-electron chi connectivity index (χ0n) is 10.3. The molecule has 2 heterocycles. The number of fused-ring (bicyclic) bond motifs is 1. The summed E-state index contributed by atoms with van der Waals surface area (Å²) in [4.78, 5) is 16.0. The van der Waals surface area contributed by atoms with E-state index in [-0.39, 0.29) is 18.0 Å². The average molecular weight is 320 g/mol. The van der Waals surface area contributed by atoms with E-state index in [1.54, 1.807) is 6.21 Å². The van der Waals surface area contributed by atoms with Crippen LogP contribution in [0, 0.1) is 0 Å². The molecule has 2 atom stereocenters. The number of nitrogens with zero attached hydrogens (tertiary/aromatic N) is 1. The van der Waals surface area contributed by atoms with Crippen LogP contribution in [0.15, 0.2) is 33.7 Å². The van der Waals surface area contributed by atoms with Crippen LogP contribution in [0.5, 0.6) is 0 Å².